The van der Waals surface area contributed by atoms with E-state index in [-0.39, 0.29) is 11.7 Å². The van der Waals surface area contributed by atoms with Crippen molar-refractivity contribution in [2.75, 3.05) is 4.90 Å². The Balaban J connectivity index is 1.58. The summed E-state index contributed by atoms with van der Waals surface area (Å²) in [7, 11) is 0. The second-order valence-corrected chi connectivity index (χ2v) is 8.37. The second-order valence-electron chi connectivity index (χ2n) is 8.37. The van der Waals surface area contributed by atoms with Gasteiger partial charge in [-0.1, -0.05) is 42.5 Å². The predicted octanol–water partition coefficient (Wildman–Crippen LogP) is 5.09. The largest absolute Gasteiger partial charge is 0.307 e. The Hall–Kier alpha value is -3.01. The number of hydrogen-bond acceptors (Lipinski definition) is 4. The minimum absolute atomic E-state index is 0.165. The summed E-state index contributed by atoms with van der Waals surface area (Å²) in [6.07, 6.45) is 2.30. The Morgan fingerprint density at radius 2 is 1.69 bits per heavy atom. The molecule has 146 valence electrons. The molecule has 0 fully saturated rings. The number of aromatic nitrogens is 2. The molecule has 3 aromatic rings. The number of ketones is 1. The van der Waals surface area contributed by atoms with Gasteiger partial charge in [-0.15, -0.1) is 0 Å². The number of rotatable bonds is 2. The maximum atomic E-state index is 13.0. The van der Waals surface area contributed by atoms with Crippen LogP contribution in [0.15, 0.2) is 48.5 Å². The molecular weight excluding hydrogens is 358 g/mol. The van der Waals surface area contributed by atoms with Crippen molar-refractivity contribution >= 4 is 17.4 Å². The van der Waals surface area contributed by atoms with Crippen LogP contribution in [0.2, 0.25) is 0 Å². The summed E-state index contributed by atoms with van der Waals surface area (Å²) in [5.41, 5.74) is 7.43. The smallest absolute Gasteiger partial charge is 0.230 e. The topological polar surface area (TPSA) is 46.1 Å². The minimum atomic E-state index is 0.165. The van der Waals surface area contributed by atoms with E-state index < -0.39 is 0 Å². The molecule has 0 bridgehead atoms. The molecule has 2 aliphatic rings. The van der Waals surface area contributed by atoms with E-state index in [9.17, 15) is 4.79 Å². The average Bonchev–Trinajstić information content (AvgIpc) is 3.03. The number of benzene rings is 2. The standard InChI is InChI=1S/C25H25N3O/c1-15-8-4-6-10-20(15)19-13-21-24(23(29)14-19)17(3)26-25(27-21)28-16(2)12-18-9-5-7-11-22(18)28/h4-11,16,19H,12-14H2,1-3H3/t16-,19+/m1/s1. The Kier molecular flexibility index (Phi) is 4.23. The highest BCUT2D eigenvalue weighted by molar-refractivity contribution is 6.00. The van der Waals surface area contributed by atoms with Gasteiger partial charge in [0.05, 0.1) is 17.0 Å². The van der Waals surface area contributed by atoms with Crippen LogP contribution in [0.3, 0.4) is 0 Å². The maximum Gasteiger partial charge on any atom is 0.230 e. The van der Waals surface area contributed by atoms with Crippen molar-refractivity contribution in [3.8, 4) is 0 Å². The number of carbonyl (C=O) groups excluding carboxylic acids is 1. The highest BCUT2D eigenvalue weighted by atomic mass is 16.1. The fourth-order valence-electron chi connectivity index (χ4n) is 5.00. The van der Waals surface area contributed by atoms with Gasteiger partial charge in [0.1, 0.15) is 0 Å². The quantitative estimate of drug-likeness (QED) is 0.618. The molecule has 4 heteroatoms. The Bertz CT molecular complexity index is 1120. The molecule has 29 heavy (non-hydrogen) atoms. The predicted molar refractivity (Wildman–Crippen MR) is 115 cm³/mol. The second kappa shape index (κ2) is 6.80. The van der Waals surface area contributed by atoms with Gasteiger partial charge in [-0.3, -0.25) is 4.79 Å². The van der Waals surface area contributed by atoms with Gasteiger partial charge in [0.25, 0.3) is 0 Å². The first-order valence-electron chi connectivity index (χ1n) is 10.4. The molecule has 0 saturated carbocycles. The van der Waals surface area contributed by atoms with Crippen LogP contribution >= 0.6 is 0 Å². The summed E-state index contributed by atoms with van der Waals surface area (Å²) in [4.78, 5) is 25.0. The van der Waals surface area contributed by atoms with Crippen LogP contribution in [0.4, 0.5) is 11.6 Å². The van der Waals surface area contributed by atoms with Gasteiger partial charge >= 0.3 is 0 Å². The lowest BCUT2D eigenvalue weighted by molar-refractivity contribution is 0.0962. The summed E-state index contributed by atoms with van der Waals surface area (Å²) in [6.45, 7) is 6.27. The van der Waals surface area contributed by atoms with E-state index in [2.05, 4.69) is 61.2 Å². The van der Waals surface area contributed by atoms with Crippen LogP contribution in [0.5, 0.6) is 0 Å². The molecule has 0 N–H and O–H groups in total. The summed E-state index contributed by atoms with van der Waals surface area (Å²) in [5, 5.41) is 0. The summed E-state index contributed by atoms with van der Waals surface area (Å²) in [5.74, 6) is 1.07. The lowest BCUT2D eigenvalue weighted by Gasteiger charge is -2.28. The SMILES string of the molecule is Cc1ccccc1[C@@H]1CC(=O)c2c(C)nc(N3c4ccccc4C[C@H]3C)nc2C1. The molecule has 2 heterocycles. The fourth-order valence-corrected chi connectivity index (χ4v) is 5.00. The molecule has 2 aromatic carbocycles. The third kappa shape index (κ3) is 2.94. The monoisotopic (exact) mass is 383 g/mol. The zero-order valence-corrected chi connectivity index (χ0v) is 17.1. The lowest BCUT2D eigenvalue weighted by Crippen LogP contribution is -2.29. The minimum Gasteiger partial charge on any atom is -0.307 e. The zero-order valence-electron chi connectivity index (χ0n) is 17.1. The summed E-state index contributed by atoms with van der Waals surface area (Å²) in [6, 6.07) is 17.1. The molecule has 0 radical (unpaired) electrons. The van der Waals surface area contributed by atoms with Crippen LogP contribution < -0.4 is 4.90 Å². The number of aryl methyl sites for hydroxylation is 2. The van der Waals surface area contributed by atoms with Crippen molar-refractivity contribution in [2.24, 2.45) is 0 Å². The zero-order chi connectivity index (χ0) is 20.1. The maximum absolute atomic E-state index is 13.0. The van der Waals surface area contributed by atoms with Crippen molar-refractivity contribution in [3.05, 3.63) is 82.2 Å². The molecule has 0 unspecified atom stereocenters. The number of nitrogens with zero attached hydrogens (tertiary/aromatic N) is 3. The molecule has 5 rings (SSSR count). The van der Waals surface area contributed by atoms with Crippen LogP contribution in [0, 0.1) is 13.8 Å². The van der Waals surface area contributed by atoms with Crippen molar-refractivity contribution in [1.82, 2.24) is 9.97 Å². The van der Waals surface area contributed by atoms with E-state index in [4.69, 9.17) is 9.97 Å². The molecule has 0 spiro atoms. The van der Waals surface area contributed by atoms with Crippen LogP contribution in [-0.4, -0.2) is 21.8 Å². The fraction of sp³-hybridized carbons (Fsp3) is 0.320. The van der Waals surface area contributed by atoms with E-state index in [0.29, 0.717) is 12.5 Å². The first kappa shape index (κ1) is 18.0. The van der Waals surface area contributed by atoms with Crippen LogP contribution in [0.25, 0.3) is 0 Å². The Labute approximate surface area is 171 Å². The number of hydrogen-bond donors (Lipinski definition) is 0. The van der Waals surface area contributed by atoms with Crippen LogP contribution in [-0.2, 0) is 12.8 Å². The highest BCUT2D eigenvalue weighted by Crippen LogP contribution is 2.39. The third-order valence-corrected chi connectivity index (χ3v) is 6.35. The van der Waals surface area contributed by atoms with E-state index in [1.54, 1.807) is 0 Å². The van der Waals surface area contributed by atoms with Crippen molar-refractivity contribution in [3.63, 3.8) is 0 Å². The molecule has 1 aliphatic carbocycles. The van der Waals surface area contributed by atoms with Crippen molar-refractivity contribution in [1.29, 1.82) is 0 Å². The molecule has 0 amide bonds. The van der Waals surface area contributed by atoms with Gasteiger partial charge in [-0.25, -0.2) is 9.97 Å². The van der Waals surface area contributed by atoms with E-state index in [0.717, 1.165) is 35.7 Å². The van der Waals surface area contributed by atoms with Crippen LogP contribution in [0.1, 0.15) is 57.7 Å². The van der Waals surface area contributed by atoms with Gasteiger partial charge in [0, 0.05) is 18.2 Å². The molecular formula is C25H25N3O. The Morgan fingerprint density at radius 3 is 2.52 bits per heavy atom. The van der Waals surface area contributed by atoms with Gasteiger partial charge in [-0.2, -0.15) is 0 Å². The molecule has 1 aliphatic heterocycles. The molecule has 1 aromatic heterocycles. The Morgan fingerprint density at radius 1 is 0.931 bits per heavy atom. The van der Waals surface area contributed by atoms with Gasteiger partial charge in [0.15, 0.2) is 5.78 Å². The van der Waals surface area contributed by atoms with Gasteiger partial charge in [-0.05, 0) is 62.3 Å². The number of carbonyl (C=O) groups is 1. The van der Waals surface area contributed by atoms with E-state index >= 15 is 0 Å². The molecule has 2 atom stereocenters. The van der Waals surface area contributed by atoms with Crippen molar-refractivity contribution < 1.29 is 4.79 Å². The first-order chi connectivity index (χ1) is 14.0. The number of fused-ring (bicyclic) bond motifs is 2. The van der Waals surface area contributed by atoms with E-state index in [1.165, 1.54) is 22.4 Å². The highest BCUT2D eigenvalue weighted by Gasteiger charge is 2.34. The van der Waals surface area contributed by atoms with E-state index in [1.807, 2.05) is 13.0 Å². The molecule has 0 saturated heterocycles. The number of Topliss-reactive ketones (excluding diaryl/α,β-unsaturated/α-hetero) is 1. The lowest BCUT2D eigenvalue weighted by atomic mass is 9.80. The normalized spacial score (nSPS) is 20.5. The average molecular weight is 383 g/mol. The first-order valence-corrected chi connectivity index (χ1v) is 10.4. The summed E-state index contributed by atoms with van der Waals surface area (Å²) < 4.78 is 0. The number of para-hydroxylation sites is 1. The third-order valence-electron chi connectivity index (χ3n) is 6.35. The molecule has 4 nitrogen and oxygen atoms in total. The summed E-state index contributed by atoms with van der Waals surface area (Å²) >= 11 is 0. The number of anilines is 2. The van der Waals surface area contributed by atoms with Gasteiger partial charge < -0.3 is 4.90 Å². The van der Waals surface area contributed by atoms with Crippen molar-refractivity contribution in [2.45, 2.75) is 52.0 Å². The van der Waals surface area contributed by atoms with Gasteiger partial charge in [0.2, 0.25) is 5.95 Å².